The maximum absolute atomic E-state index is 11.7. The van der Waals surface area contributed by atoms with Gasteiger partial charge in [0.25, 0.3) is 0 Å². The van der Waals surface area contributed by atoms with Gasteiger partial charge < -0.3 is 9.15 Å². The first-order valence-corrected chi connectivity index (χ1v) is 6.70. The predicted octanol–water partition coefficient (Wildman–Crippen LogP) is 2.72. The van der Waals surface area contributed by atoms with Crippen molar-refractivity contribution in [3.05, 3.63) is 57.7 Å². The van der Waals surface area contributed by atoms with Crippen molar-refractivity contribution in [2.45, 2.75) is 20.5 Å². The van der Waals surface area contributed by atoms with Crippen LogP contribution < -0.4 is 10.4 Å². The first-order valence-electron chi connectivity index (χ1n) is 6.70. The molecular weight excluding hydrogens is 268 g/mol. The number of rotatable bonds is 3. The van der Waals surface area contributed by atoms with Crippen LogP contribution in [0.15, 0.2) is 39.7 Å². The summed E-state index contributed by atoms with van der Waals surface area (Å²) in [5, 5.41) is 5.17. The summed E-state index contributed by atoms with van der Waals surface area (Å²) in [7, 11) is 1.86. The number of hydrogen-bond acceptors (Lipinski definition) is 4. The molecule has 0 spiro atoms. The lowest BCUT2D eigenvalue weighted by Gasteiger charge is -2.07. The lowest BCUT2D eigenvalue weighted by Crippen LogP contribution is -2.05. The molecule has 0 aliphatic rings. The van der Waals surface area contributed by atoms with E-state index in [-0.39, 0.29) is 5.63 Å². The van der Waals surface area contributed by atoms with Crippen molar-refractivity contribution in [1.82, 2.24) is 9.78 Å². The van der Waals surface area contributed by atoms with Gasteiger partial charge in [-0.2, -0.15) is 5.10 Å². The van der Waals surface area contributed by atoms with Gasteiger partial charge in [-0.25, -0.2) is 4.79 Å². The Balaban J connectivity index is 1.90. The lowest BCUT2D eigenvalue weighted by molar-refractivity contribution is 0.300. The molecule has 0 N–H and O–H groups in total. The number of fused-ring (bicyclic) bond motifs is 1. The van der Waals surface area contributed by atoms with Gasteiger partial charge in [0.1, 0.15) is 17.9 Å². The predicted molar refractivity (Wildman–Crippen MR) is 79.5 cm³/mol. The van der Waals surface area contributed by atoms with Gasteiger partial charge in [0, 0.05) is 30.3 Å². The van der Waals surface area contributed by atoms with Crippen LogP contribution in [0.3, 0.4) is 0 Å². The van der Waals surface area contributed by atoms with Gasteiger partial charge in [-0.1, -0.05) is 0 Å². The first-order chi connectivity index (χ1) is 10.0. The third-order valence-electron chi connectivity index (χ3n) is 3.58. The van der Waals surface area contributed by atoms with E-state index in [2.05, 4.69) is 5.10 Å². The van der Waals surface area contributed by atoms with Crippen molar-refractivity contribution in [2.75, 3.05) is 0 Å². The molecule has 21 heavy (non-hydrogen) atoms. The van der Waals surface area contributed by atoms with Gasteiger partial charge in [0.2, 0.25) is 0 Å². The number of hydrogen-bond donors (Lipinski definition) is 0. The third kappa shape index (κ3) is 2.54. The second kappa shape index (κ2) is 5.09. The van der Waals surface area contributed by atoms with E-state index in [4.69, 9.17) is 9.15 Å². The van der Waals surface area contributed by atoms with Crippen molar-refractivity contribution >= 4 is 11.0 Å². The fraction of sp³-hybridized carbons (Fsp3) is 0.250. The molecule has 0 atom stereocenters. The summed E-state index contributed by atoms with van der Waals surface area (Å²) in [5.74, 6) is 0.652. The molecule has 0 amide bonds. The van der Waals surface area contributed by atoms with Gasteiger partial charge >= 0.3 is 5.63 Å². The van der Waals surface area contributed by atoms with Crippen molar-refractivity contribution < 1.29 is 9.15 Å². The minimum atomic E-state index is -0.304. The molecule has 0 unspecified atom stereocenters. The van der Waals surface area contributed by atoms with E-state index in [1.807, 2.05) is 38.4 Å². The highest BCUT2D eigenvalue weighted by Gasteiger charge is 2.08. The van der Waals surface area contributed by atoms with Crippen LogP contribution in [0.25, 0.3) is 11.0 Å². The van der Waals surface area contributed by atoms with E-state index in [0.717, 1.165) is 16.6 Å². The zero-order valence-electron chi connectivity index (χ0n) is 12.2. The van der Waals surface area contributed by atoms with Crippen LogP contribution in [0.5, 0.6) is 5.75 Å². The second-order valence-electron chi connectivity index (χ2n) is 5.07. The normalized spacial score (nSPS) is 11.0. The summed E-state index contributed by atoms with van der Waals surface area (Å²) in [6.45, 7) is 4.07. The molecule has 0 bridgehead atoms. The van der Waals surface area contributed by atoms with Crippen molar-refractivity contribution in [1.29, 1.82) is 0 Å². The van der Waals surface area contributed by atoms with Crippen LogP contribution in [-0.2, 0) is 13.7 Å². The molecular formula is C16H16N2O3. The van der Waals surface area contributed by atoms with Crippen LogP contribution in [0.1, 0.15) is 16.8 Å². The van der Waals surface area contributed by atoms with Crippen LogP contribution in [0.4, 0.5) is 0 Å². The highest BCUT2D eigenvalue weighted by Crippen LogP contribution is 2.24. The van der Waals surface area contributed by atoms with Gasteiger partial charge in [0.05, 0.1) is 5.69 Å². The summed E-state index contributed by atoms with van der Waals surface area (Å²) in [5.41, 5.74) is 2.67. The summed E-state index contributed by atoms with van der Waals surface area (Å²) in [4.78, 5) is 11.7. The second-order valence-corrected chi connectivity index (χ2v) is 5.07. The summed E-state index contributed by atoms with van der Waals surface area (Å²) >= 11 is 0. The molecule has 2 heterocycles. The molecule has 0 saturated heterocycles. The number of benzene rings is 1. The monoisotopic (exact) mass is 284 g/mol. The number of nitrogens with zero attached hydrogens (tertiary/aromatic N) is 2. The van der Waals surface area contributed by atoms with E-state index in [0.29, 0.717) is 23.5 Å². The topological polar surface area (TPSA) is 57.3 Å². The smallest absolute Gasteiger partial charge is 0.339 e. The molecule has 108 valence electrons. The molecule has 1 aromatic carbocycles. The summed E-state index contributed by atoms with van der Waals surface area (Å²) in [6, 6.07) is 7.42. The molecule has 0 aliphatic heterocycles. The van der Waals surface area contributed by atoms with E-state index in [1.165, 1.54) is 0 Å². The third-order valence-corrected chi connectivity index (χ3v) is 3.58. The lowest BCUT2D eigenvalue weighted by atomic mass is 10.1. The van der Waals surface area contributed by atoms with E-state index >= 15 is 0 Å². The quantitative estimate of drug-likeness (QED) is 0.694. The summed E-state index contributed by atoms with van der Waals surface area (Å²) < 4.78 is 12.7. The zero-order valence-corrected chi connectivity index (χ0v) is 12.2. The molecule has 0 aliphatic carbocycles. The Morgan fingerprint density at radius 3 is 2.76 bits per heavy atom. The Kier molecular flexibility index (Phi) is 3.25. The molecule has 5 nitrogen and oxygen atoms in total. The Morgan fingerprint density at radius 1 is 1.24 bits per heavy atom. The van der Waals surface area contributed by atoms with Crippen molar-refractivity contribution in [3.8, 4) is 5.75 Å². The summed E-state index contributed by atoms with van der Waals surface area (Å²) in [6.07, 6.45) is 1.87. The zero-order chi connectivity index (χ0) is 15.0. The maximum Gasteiger partial charge on any atom is 0.339 e. The van der Waals surface area contributed by atoms with Gasteiger partial charge in [0.15, 0.2) is 0 Å². The maximum atomic E-state index is 11.7. The number of aryl methyl sites for hydroxylation is 2. The number of ether oxygens (including phenoxy) is 1. The largest absolute Gasteiger partial charge is 0.487 e. The Labute approximate surface area is 121 Å². The standard InChI is InChI=1S/C16H16N2O3/c1-10-11(2)16(19)21-15-8-13(4-5-14(10)15)20-9-12-6-7-18(3)17-12/h4-8H,9H2,1-3H3. The van der Waals surface area contributed by atoms with E-state index < -0.39 is 0 Å². The fourth-order valence-corrected chi connectivity index (χ4v) is 2.22. The Morgan fingerprint density at radius 2 is 2.05 bits per heavy atom. The Bertz CT molecular complexity index is 862. The number of aromatic nitrogens is 2. The van der Waals surface area contributed by atoms with Crippen molar-refractivity contribution in [2.24, 2.45) is 7.05 Å². The van der Waals surface area contributed by atoms with Crippen LogP contribution in [0, 0.1) is 13.8 Å². The Hall–Kier alpha value is -2.56. The van der Waals surface area contributed by atoms with Crippen molar-refractivity contribution in [3.63, 3.8) is 0 Å². The average molecular weight is 284 g/mol. The van der Waals surface area contributed by atoms with Crippen LogP contribution in [0.2, 0.25) is 0 Å². The molecule has 0 fully saturated rings. The molecule has 0 radical (unpaired) electrons. The fourth-order valence-electron chi connectivity index (χ4n) is 2.22. The minimum Gasteiger partial charge on any atom is -0.487 e. The molecule has 3 rings (SSSR count). The molecule has 2 aromatic heterocycles. The van der Waals surface area contributed by atoms with E-state index in [1.54, 1.807) is 17.7 Å². The highest BCUT2D eigenvalue weighted by molar-refractivity contribution is 5.82. The molecule has 0 saturated carbocycles. The van der Waals surface area contributed by atoms with Gasteiger partial charge in [-0.05, 0) is 37.6 Å². The highest BCUT2D eigenvalue weighted by atomic mass is 16.5. The average Bonchev–Trinajstić information content (AvgIpc) is 2.88. The minimum absolute atomic E-state index is 0.304. The van der Waals surface area contributed by atoms with Crippen LogP contribution >= 0.6 is 0 Å². The van der Waals surface area contributed by atoms with Gasteiger partial charge in [-0.15, -0.1) is 0 Å². The van der Waals surface area contributed by atoms with Crippen LogP contribution in [-0.4, -0.2) is 9.78 Å². The SMILES string of the molecule is Cc1c(C)c2ccc(OCc3ccn(C)n3)cc2oc1=O. The molecule has 3 aromatic rings. The molecule has 5 heteroatoms. The van der Waals surface area contributed by atoms with Gasteiger partial charge in [-0.3, -0.25) is 4.68 Å². The first kappa shape index (κ1) is 13.4. The van der Waals surface area contributed by atoms with E-state index in [9.17, 15) is 4.79 Å².